The van der Waals surface area contributed by atoms with Gasteiger partial charge in [-0.05, 0) is 36.3 Å². The highest BCUT2D eigenvalue weighted by Gasteiger charge is 2.35. The molecule has 0 aliphatic carbocycles. The molecule has 1 aliphatic heterocycles. The maximum atomic E-state index is 12.5. The summed E-state index contributed by atoms with van der Waals surface area (Å²) < 4.78 is 0. The Morgan fingerprint density at radius 1 is 1.33 bits per heavy atom. The second-order valence-corrected chi connectivity index (χ2v) is 7.80. The fourth-order valence-corrected chi connectivity index (χ4v) is 3.60. The minimum Gasteiger partial charge on any atom is -0.312 e. The van der Waals surface area contributed by atoms with Crippen molar-refractivity contribution in [2.24, 2.45) is 5.92 Å². The van der Waals surface area contributed by atoms with Crippen LogP contribution in [0.2, 0.25) is 0 Å². The summed E-state index contributed by atoms with van der Waals surface area (Å²) in [7, 11) is 0. The lowest BCUT2D eigenvalue weighted by Crippen LogP contribution is -2.28. The molecule has 1 atom stereocenters. The van der Waals surface area contributed by atoms with E-state index in [4.69, 9.17) is 0 Å². The monoisotopic (exact) mass is 387 g/mol. The number of hydrogen-bond acceptors (Lipinski definition) is 5. The standard InChI is InChI=1S/C19H25N5O2S/c1-3-5-6-13-7-9-15(10-8-13)24-12-14(11-16(24)25)17(26)20-18-21-19(23-22-18)27-4-2/h7-10,14H,3-6,11-12H2,1-2H3,(H2,20,21,22,23,26). The van der Waals surface area contributed by atoms with E-state index in [0.29, 0.717) is 17.6 Å². The lowest BCUT2D eigenvalue weighted by atomic mass is 10.1. The van der Waals surface area contributed by atoms with Crippen molar-refractivity contribution < 1.29 is 9.59 Å². The van der Waals surface area contributed by atoms with E-state index in [1.165, 1.54) is 17.3 Å². The van der Waals surface area contributed by atoms with Gasteiger partial charge < -0.3 is 4.90 Å². The van der Waals surface area contributed by atoms with E-state index in [-0.39, 0.29) is 18.2 Å². The Morgan fingerprint density at radius 3 is 2.81 bits per heavy atom. The fraction of sp³-hybridized carbons (Fsp3) is 0.474. The number of aromatic amines is 1. The molecule has 8 heteroatoms. The molecule has 2 heterocycles. The number of carbonyl (C=O) groups excluding carboxylic acids is 2. The quantitative estimate of drug-likeness (QED) is 0.679. The molecule has 2 N–H and O–H groups in total. The zero-order valence-electron chi connectivity index (χ0n) is 15.7. The largest absolute Gasteiger partial charge is 0.312 e. The number of carbonyl (C=O) groups is 2. The van der Waals surface area contributed by atoms with Gasteiger partial charge in [0.1, 0.15) is 0 Å². The van der Waals surface area contributed by atoms with Crippen molar-refractivity contribution in [1.82, 2.24) is 15.2 Å². The number of unbranched alkanes of at least 4 members (excludes halogenated alkanes) is 1. The first kappa shape index (κ1) is 19.4. The normalized spacial score (nSPS) is 16.7. The van der Waals surface area contributed by atoms with Crippen LogP contribution in [0.15, 0.2) is 29.4 Å². The summed E-state index contributed by atoms with van der Waals surface area (Å²) in [6.45, 7) is 4.56. The number of anilines is 2. The summed E-state index contributed by atoms with van der Waals surface area (Å²) in [4.78, 5) is 30.8. The van der Waals surface area contributed by atoms with Gasteiger partial charge in [-0.3, -0.25) is 14.9 Å². The summed E-state index contributed by atoms with van der Waals surface area (Å²) in [6, 6.07) is 8.06. The zero-order chi connectivity index (χ0) is 19.2. The third-order valence-corrected chi connectivity index (χ3v) is 5.27. The molecule has 3 rings (SSSR count). The predicted molar refractivity (Wildman–Crippen MR) is 107 cm³/mol. The molecule has 1 aliphatic rings. The highest BCUT2D eigenvalue weighted by Crippen LogP contribution is 2.26. The van der Waals surface area contributed by atoms with Gasteiger partial charge in [-0.15, -0.1) is 5.10 Å². The van der Waals surface area contributed by atoms with Crippen molar-refractivity contribution >= 4 is 35.2 Å². The SMILES string of the molecule is CCCCc1ccc(N2CC(C(=O)Nc3nc(SCC)n[nH]3)CC2=O)cc1. The van der Waals surface area contributed by atoms with Crippen LogP contribution in [0.1, 0.15) is 38.7 Å². The summed E-state index contributed by atoms with van der Waals surface area (Å²) in [5.74, 6) is 0.534. The molecule has 0 bridgehead atoms. The Morgan fingerprint density at radius 2 is 2.11 bits per heavy atom. The predicted octanol–water partition coefficient (Wildman–Crippen LogP) is 3.25. The molecule has 27 heavy (non-hydrogen) atoms. The first-order chi connectivity index (χ1) is 13.1. The second kappa shape index (κ2) is 9.03. The second-order valence-electron chi connectivity index (χ2n) is 6.56. The smallest absolute Gasteiger partial charge is 0.232 e. The minimum atomic E-state index is -0.398. The number of thioether (sulfide) groups is 1. The van der Waals surface area contributed by atoms with Crippen LogP contribution in [0.25, 0.3) is 0 Å². The first-order valence-corrected chi connectivity index (χ1v) is 10.3. The van der Waals surface area contributed by atoms with Crippen molar-refractivity contribution in [3.05, 3.63) is 29.8 Å². The molecule has 0 radical (unpaired) electrons. The summed E-state index contributed by atoms with van der Waals surface area (Å²) in [5.41, 5.74) is 2.12. The van der Waals surface area contributed by atoms with E-state index in [0.717, 1.165) is 30.7 Å². The number of hydrogen-bond donors (Lipinski definition) is 2. The fourth-order valence-electron chi connectivity index (χ4n) is 3.07. The van der Waals surface area contributed by atoms with Crippen molar-refractivity contribution in [1.29, 1.82) is 0 Å². The Kier molecular flexibility index (Phi) is 6.49. The van der Waals surface area contributed by atoms with Gasteiger partial charge in [0, 0.05) is 18.7 Å². The third-order valence-electron chi connectivity index (χ3n) is 4.54. The van der Waals surface area contributed by atoms with E-state index in [1.807, 2.05) is 19.1 Å². The van der Waals surface area contributed by atoms with Crippen molar-refractivity contribution in [3.8, 4) is 0 Å². The van der Waals surface area contributed by atoms with E-state index in [2.05, 4.69) is 39.6 Å². The number of benzene rings is 1. The molecule has 144 valence electrons. The molecule has 1 aromatic carbocycles. The summed E-state index contributed by atoms with van der Waals surface area (Å²) in [5, 5.41) is 10.1. The number of aryl methyl sites for hydroxylation is 1. The van der Waals surface area contributed by atoms with Gasteiger partial charge in [0.25, 0.3) is 0 Å². The number of nitrogens with zero attached hydrogens (tertiary/aromatic N) is 3. The zero-order valence-corrected chi connectivity index (χ0v) is 16.5. The molecule has 2 aromatic rings. The lowest BCUT2D eigenvalue weighted by molar-refractivity contribution is -0.122. The van der Waals surface area contributed by atoms with Gasteiger partial charge in [-0.1, -0.05) is 44.2 Å². The molecule has 0 saturated carbocycles. The third kappa shape index (κ3) is 4.88. The molecule has 1 saturated heterocycles. The molecule has 1 unspecified atom stereocenters. The first-order valence-electron chi connectivity index (χ1n) is 9.36. The molecule has 2 amide bonds. The van der Waals surface area contributed by atoms with Gasteiger partial charge in [0.15, 0.2) is 0 Å². The Bertz CT molecular complexity index is 790. The molecule has 1 aromatic heterocycles. The topological polar surface area (TPSA) is 91.0 Å². The van der Waals surface area contributed by atoms with Gasteiger partial charge in [-0.2, -0.15) is 4.98 Å². The lowest BCUT2D eigenvalue weighted by Gasteiger charge is -2.17. The van der Waals surface area contributed by atoms with E-state index in [9.17, 15) is 9.59 Å². The number of nitrogens with one attached hydrogen (secondary N) is 2. The number of H-pyrrole nitrogens is 1. The molecular weight excluding hydrogens is 362 g/mol. The number of aromatic nitrogens is 3. The Balaban J connectivity index is 1.59. The van der Waals surface area contributed by atoms with Crippen LogP contribution in [-0.2, 0) is 16.0 Å². The Hall–Kier alpha value is -2.35. The molecule has 1 fully saturated rings. The van der Waals surface area contributed by atoms with Gasteiger partial charge in [-0.25, -0.2) is 5.10 Å². The van der Waals surface area contributed by atoms with Crippen molar-refractivity contribution in [2.75, 3.05) is 22.5 Å². The van der Waals surface area contributed by atoms with Crippen LogP contribution in [0.4, 0.5) is 11.6 Å². The van der Waals surface area contributed by atoms with E-state index < -0.39 is 5.92 Å². The minimum absolute atomic E-state index is 0.0312. The maximum Gasteiger partial charge on any atom is 0.232 e. The number of rotatable bonds is 8. The van der Waals surface area contributed by atoms with E-state index in [1.54, 1.807) is 4.90 Å². The molecular formula is C19H25N5O2S. The van der Waals surface area contributed by atoms with Crippen LogP contribution < -0.4 is 10.2 Å². The van der Waals surface area contributed by atoms with Crippen LogP contribution in [0.3, 0.4) is 0 Å². The molecule has 7 nitrogen and oxygen atoms in total. The van der Waals surface area contributed by atoms with Crippen LogP contribution in [0.5, 0.6) is 0 Å². The van der Waals surface area contributed by atoms with E-state index >= 15 is 0 Å². The number of amides is 2. The molecule has 0 spiro atoms. The average molecular weight is 388 g/mol. The van der Waals surface area contributed by atoms with Crippen LogP contribution in [-0.4, -0.2) is 39.3 Å². The summed E-state index contributed by atoms with van der Waals surface area (Å²) >= 11 is 1.49. The maximum absolute atomic E-state index is 12.5. The van der Waals surface area contributed by atoms with Crippen LogP contribution >= 0.6 is 11.8 Å². The average Bonchev–Trinajstić information content (AvgIpc) is 3.27. The Labute approximate surface area is 163 Å². The van der Waals surface area contributed by atoms with Gasteiger partial charge in [0.2, 0.25) is 22.9 Å². The highest BCUT2D eigenvalue weighted by atomic mass is 32.2. The van der Waals surface area contributed by atoms with Crippen LogP contribution in [0, 0.1) is 5.92 Å². The highest BCUT2D eigenvalue weighted by molar-refractivity contribution is 7.99. The van der Waals surface area contributed by atoms with Crippen molar-refractivity contribution in [2.45, 2.75) is 44.7 Å². The summed E-state index contributed by atoms with van der Waals surface area (Å²) in [6.07, 6.45) is 3.57. The van der Waals surface area contributed by atoms with Gasteiger partial charge in [0.05, 0.1) is 5.92 Å². The van der Waals surface area contributed by atoms with Crippen molar-refractivity contribution in [3.63, 3.8) is 0 Å². The van der Waals surface area contributed by atoms with Gasteiger partial charge >= 0.3 is 0 Å².